The zero-order valence-electron chi connectivity index (χ0n) is 13.1. The molecule has 4 unspecified atom stereocenters. The maximum absolute atomic E-state index is 10.5. The van der Waals surface area contributed by atoms with Crippen LogP contribution in [0.15, 0.2) is 18.2 Å². The van der Waals surface area contributed by atoms with Gasteiger partial charge in [-0.2, -0.15) is 0 Å². The number of aliphatic hydroxyl groups is 1. The fraction of sp³-hybridized carbons (Fsp3) is 0.647. The molecule has 2 aliphatic heterocycles. The number of rotatable bonds is 2. The molecule has 4 nitrogen and oxygen atoms in total. The van der Waals surface area contributed by atoms with E-state index >= 15 is 0 Å². The van der Waals surface area contributed by atoms with Crippen molar-refractivity contribution in [1.82, 2.24) is 4.90 Å². The summed E-state index contributed by atoms with van der Waals surface area (Å²) in [6.07, 6.45) is 0.781. The van der Waals surface area contributed by atoms with E-state index < -0.39 is 6.10 Å². The van der Waals surface area contributed by atoms with Gasteiger partial charge in [-0.05, 0) is 24.3 Å². The van der Waals surface area contributed by atoms with Gasteiger partial charge in [0.1, 0.15) is 12.7 Å². The van der Waals surface area contributed by atoms with Gasteiger partial charge in [0, 0.05) is 18.7 Å². The average Bonchev–Trinajstić information content (AvgIpc) is 2.45. The van der Waals surface area contributed by atoms with Crippen LogP contribution < -0.4 is 9.47 Å². The number of piperidine rings is 1. The Labute approximate surface area is 126 Å². The molecule has 1 fully saturated rings. The van der Waals surface area contributed by atoms with Crippen molar-refractivity contribution in [2.45, 2.75) is 32.4 Å². The molecular weight excluding hydrogens is 266 g/mol. The van der Waals surface area contributed by atoms with Crippen LogP contribution in [0.5, 0.6) is 11.5 Å². The molecule has 0 saturated carbocycles. The fourth-order valence-corrected chi connectivity index (χ4v) is 3.93. The zero-order chi connectivity index (χ0) is 15.0. The number of fused-ring (bicyclic) bond motifs is 1. The number of hydrogen-bond acceptors (Lipinski definition) is 4. The first-order valence-electron chi connectivity index (χ1n) is 7.82. The number of hydrogen-bond donors (Lipinski definition) is 1. The number of methoxy groups -OCH3 is 1. The van der Waals surface area contributed by atoms with E-state index in [1.54, 1.807) is 7.11 Å². The third-order valence-corrected chi connectivity index (χ3v) is 4.60. The second kappa shape index (κ2) is 5.85. The van der Waals surface area contributed by atoms with Gasteiger partial charge in [-0.1, -0.05) is 26.0 Å². The minimum atomic E-state index is -0.484. The van der Waals surface area contributed by atoms with Gasteiger partial charge < -0.3 is 14.6 Å². The molecule has 1 saturated heterocycles. The predicted molar refractivity (Wildman–Crippen MR) is 81.8 cm³/mol. The van der Waals surface area contributed by atoms with Crippen LogP contribution in [-0.2, 0) is 0 Å². The van der Waals surface area contributed by atoms with E-state index in [4.69, 9.17) is 9.47 Å². The number of para-hydroxylation sites is 1. The van der Waals surface area contributed by atoms with Gasteiger partial charge in [0.25, 0.3) is 0 Å². The highest BCUT2D eigenvalue weighted by atomic mass is 16.5. The average molecular weight is 291 g/mol. The molecule has 2 aliphatic rings. The monoisotopic (exact) mass is 291 g/mol. The quantitative estimate of drug-likeness (QED) is 0.909. The van der Waals surface area contributed by atoms with Crippen molar-refractivity contribution < 1.29 is 14.6 Å². The largest absolute Gasteiger partial charge is 0.493 e. The molecule has 3 rings (SSSR count). The lowest BCUT2D eigenvalue weighted by Gasteiger charge is -2.44. The Morgan fingerprint density at radius 2 is 1.95 bits per heavy atom. The van der Waals surface area contributed by atoms with E-state index in [2.05, 4.69) is 24.8 Å². The second-order valence-corrected chi connectivity index (χ2v) is 6.60. The van der Waals surface area contributed by atoms with Gasteiger partial charge in [-0.25, -0.2) is 0 Å². The van der Waals surface area contributed by atoms with Crippen LogP contribution in [0, 0.1) is 11.8 Å². The van der Waals surface area contributed by atoms with E-state index in [0.717, 1.165) is 30.2 Å². The first kappa shape index (κ1) is 14.7. The number of aliphatic hydroxyl groups excluding tert-OH is 1. The summed E-state index contributed by atoms with van der Waals surface area (Å²) in [5.41, 5.74) is 1.05. The fourth-order valence-electron chi connectivity index (χ4n) is 3.93. The van der Waals surface area contributed by atoms with Crippen LogP contribution in [0.1, 0.15) is 31.9 Å². The lowest BCUT2D eigenvalue weighted by molar-refractivity contribution is -0.0237. The maximum Gasteiger partial charge on any atom is 0.166 e. The van der Waals surface area contributed by atoms with Crippen LogP contribution >= 0.6 is 0 Å². The summed E-state index contributed by atoms with van der Waals surface area (Å²) in [5.74, 6) is 2.87. The van der Waals surface area contributed by atoms with E-state index in [9.17, 15) is 5.11 Å². The molecule has 0 bridgehead atoms. The Balaban J connectivity index is 1.95. The van der Waals surface area contributed by atoms with Crippen LogP contribution in [0.4, 0.5) is 0 Å². The second-order valence-electron chi connectivity index (χ2n) is 6.60. The van der Waals surface area contributed by atoms with Crippen molar-refractivity contribution in [1.29, 1.82) is 0 Å². The Hall–Kier alpha value is -1.26. The Morgan fingerprint density at radius 3 is 2.62 bits per heavy atom. The lowest BCUT2D eigenvalue weighted by Crippen LogP contribution is -2.48. The van der Waals surface area contributed by atoms with E-state index in [0.29, 0.717) is 18.4 Å². The molecule has 2 heterocycles. The Bertz CT molecular complexity index is 495. The lowest BCUT2D eigenvalue weighted by atomic mass is 9.87. The molecular formula is C17H25NO3. The summed E-state index contributed by atoms with van der Waals surface area (Å²) < 4.78 is 11.1. The minimum absolute atomic E-state index is 0.00838. The standard InChI is InChI=1S/C17H25NO3/c1-11-7-12(2)9-18(8-11)16-13-5-4-6-15(20-3)17(13)21-10-14(16)19/h4-6,11-12,14,16,19H,7-10H2,1-3H3. The summed E-state index contributed by atoms with van der Waals surface area (Å²) in [4.78, 5) is 2.42. The number of likely N-dealkylation sites (tertiary alicyclic amines) is 1. The van der Waals surface area contributed by atoms with Gasteiger partial charge in [0.05, 0.1) is 13.2 Å². The first-order chi connectivity index (χ1) is 10.1. The first-order valence-corrected chi connectivity index (χ1v) is 7.82. The van der Waals surface area contributed by atoms with Crippen molar-refractivity contribution in [3.05, 3.63) is 23.8 Å². The molecule has 1 N–H and O–H groups in total. The zero-order valence-corrected chi connectivity index (χ0v) is 13.1. The summed E-state index contributed by atoms with van der Waals surface area (Å²) in [6, 6.07) is 5.95. The molecule has 0 spiro atoms. The summed E-state index contributed by atoms with van der Waals surface area (Å²) >= 11 is 0. The normalized spacial score (nSPS) is 33.1. The van der Waals surface area contributed by atoms with Crippen LogP contribution in [-0.4, -0.2) is 42.9 Å². The van der Waals surface area contributed by atoms with Crippen molar-refractivity contribution in [3.8, 4) is 11.5 Å². The molecule has 21 heavy (non-hydrogen) atoms. The molecule has 0 aliphatic carbocycles. The number of benzene rings is 1. The summed E-state index contributed by atoms with van der Waals surface area (Å²) in [7, 11) is 1.66. The van der Waals surface area contributed by atoms with Crippen LogP contribution in [0.2, 0.25) is 0 Å². The molecule has 0 amide bonds. The minimum Gasteiger partial charge on any atom is -0.493 e. The van der Waals surface area contributed by atoms with Gasteiger partial charge in [-0.15, -0.1) is 0 Å². The third-order valence-electron chi connectivity index (χ3n) is 4.60. The molecule has 116 valence electrons. The van der Waals surface area contributed by atoms with Gasteiger partial charge in [0.2, 0.25) is 0 Å². The van der Waals surface area contributed by atoms with Crippen molar-refractivity contribution in [3.63, 3.8) is 0 Å². The molecule has 4 atom stereocenters. The summed E-state index contributed by atoms with van der Waals surface area (Å²) in [5, 5.41) is 10.5. The SMILES string of the molecule is COc1cccc2c1OCC(O)C2N1CC(C)CC(C)C1. The number of ether oxygens (including phenoxy) is 2. The van der Waals surface area contributed by atoms with Crippen molar-refractivity contribution >= 4 is 0 Å². The predicted octanol–water partition coefficient (Wildman–Crippen LogP) is 2.47. The van der Waals surface area contributed by atoms with E-state index in [1.165, 1.54) is 6.42 Å². The smallest absolute Gasteiger partial charge is 0.166 e. The van der Waals surface area contributed by atoms with E-state index in [1.807, 2.05) is 12.1 Å². The van der Waals surface area contributed by atoms with Crippen molar-refractivity contribution in [2.75, 3.05) is 26.8 Å². The third kappa shape index (κ3) is 2.74. The molecule has 0 radical (unpaired) electrons. The Kier molecular flexibility index (Phi) is 4.09. The highest BCUT2D eigenvalue weighted by Crippen LogP contribution is 2.43. The van der Waals surface area contributed by atoms with Crippen LogP contribution in [0.25, 0.3) is 0 Å². The summed E-state index contributed by atoms with van der Waals surface area (Å²) in [6.45, 7) is 6.98. The van der Waals surface area contributed by atoms with Gasteiger partial charge >= 0.3 is 0 Å². The number of nitrogens with zero attached hydrogens (tertiary/aromatic N) is 1. The highest BCUT2D eigenvalue weighted by molar-refractivity contribution is 5.49. The highest BCUT2D eigenvalue weighted by Gasteiger charge is 2.38. The molecule has 4 heteroatoms. The van der Waals surface area contributed by atoms with Crippen LogP contribution in [0.3, 0.4) is 0 Å². The van der Waals surface area contributed by atoms with Crippen molar-refractivity contribution in [2.24, 2.45) is 11.8 Å². The molecule has 1 aromatic rings. The Morgan fingerprint density at radius 1 is 1.24 bits per heavy atom. The molecule has 1 aromatic carbocycles. The van der Waals surface area contributed by atoms with Gasteiger partial charge in [0.15, 0.2) is 11.5 Å². The maximum atomic E-state index is 10.5. The topological polar surface area (TPSA) is 41.9 Å². The van der Waals surface area contributed by atoms with Gasteiger partial charge in [-0.3, -0.25) is 4.90 Å². The van der Waals surface area contributed by atoms with E-state index in [-0.39, 0.29) is 6.04 Å². The molecule has 0 aromatic heterocycles.